The molecule has 15 nitrogen and oxygen atoms in total. The number of carbonyl (C=O) groups excluding carboxylic acids is 2. The van der Waals surface area contributed by atoms with Gasteiger partial charge in [0.2, 0.25) is 0 Å². The lowest BCUT2D eigenvalue weighted by molar-refractivity contribution is 0.141. The summed E-state index contributed by atoms with van der Waals surface area (Å²) < 4.78 is 45.7. The molecule has 0 unspecified atom stereocenters. The molecule has 17 heteroatoms. The molecule has 0 saturated heterocycles. The second-order valence-corrected chi connectivity index (χ2v) is 14.5. The molecule has 0 radical (unpaired) electrons. The maximum atomic E-state index is 12.4. The lowest BCUT2D eigenvalue weighted by atomic mass is 10.2. The van der Waals surface area contributed by atoms with E-state index < -0.39 is 28.1 Å². The van der Waals surface area contributed by atoms with Crippen molar-refractivity contribution in [1.82, 2.24) is 10.6 Å². The number of rotatable bonds is 28. The first-order valence-corrected chi connectivity index (χ1v) is 19.8. The Balaban J connectivity index is 2.57. The third-order valence-corrected chi connectivity index (χ3v) is 11.9. The molecule has 2 N–H and O–H groups in total. The normalized spacial score (nSPS) is 11.6. The summed E-state index contributed by atoms with van der Waals surface area (Å²) in [5.41, 5.74) is 1.03. The third-order valence-electron chi connectivity index (χ3n) is 6.22. The van der Waals surface area contributed by atoms with Crippen LogP contribution in [0.25, 0.3) is 0 Å². The minimum atomic E-state index is -2.45. The number of nitrogens with one attached hydrogen (secondary N) is 2. The van der Waals surface area contributed by atoms with E-state index in [9.17, 15) is 14.5 Å². The Morgan fingerprint density at radius 1 is 0.638 bits per heavy atom. The number of nitroso groups, excluding NO2 is 1. The molecule has 0 fully saturated rings. The van der Waals surface area contributed by atoms with Gasteiger partial charge in [-0.15, -0.1) is 4.91 Å². The number of benzene rings is 1. The molecule has 0 aromatic heterocycles. The van der Waals surface area contributed by atoms with Gasteiger partial charge in [-0.1, -0.05) is 0 Å². The van der Waals surface area contributed by atoms with Crippen molar-refractivity contribution in [3.05, 3.63) is 29.2 Å². The number of alkyl carbamates (subject to hydrolysis) is 2. The third kappa shape index (κ3) is 17.7. The predicted octanol–water partition coefficient (Wildman–Crippen LogP) is 6.87. The van der Waals surface area contributed by atoms with Gasteiger partial charge < -0.3 is 25.0 Å². The SMILES string of the molecule is CCO[P+](CCCNC(=O)OCCN(CCOC(=O)NCCC[P+](OCC)(OCC)OCC)c1ccc(N=O)cc1)(OCC)OCC. The average Bonchev–Trinajstić information content (AvgIpc) is 3.05. The van der Waals surface area contributed by atoms with Crippen molar-refractivity contribution in [1.29, 1.82) is 0 Å². The highest BCUT2D eigenvalue weighted by Gasteiger charge is 2.44. The maximum absolute atomic E-state index is 12.4. The molecule has 1 rings (SSSR count). The molecule has 0 aliphatic carbocycles. The van der Waals surface area contributed by atoms with Crippen molar-refractivity contribution in [3.63, 3.8) is 0 Å². The number of hydrogen-bond acceptors (Lipinski definition) is 13. The number of ether oxygens (including phenoxy) is 2. The summed E-state index contributed by atoms with van der Waals surface area (Å²) in [6, 6.07) is 6.63. The van der Waals surface area contributed by atoms with Crippen molar-refractivity contribution < 1.29 is 46.2 Å². The highest BCUT2D eigenvalue weighted by Crippen LogP contribution is 2.63. The maximum Gasteiger partial charge on any atom is 0.411 e. The minimum Gasteiger partial charge on any atom is -0.448 e. The van der Waals surface area contributed by atoms with Gasteiger partial charge in [-0.05, 0) is 71.0 Å². The van der Waals surface area contributed by atoms with Crippen molar-refractivity contribution in [2.45, 2.75) is 54.4 Å². The van der Waals surface area contributed by atoms with E-state index in [0.29, 0.717) is 91.0 Å². The van der Waals surface area contributed by atoms with Gasteiger partial charge in [0.05, 0.1) is 52.7 Å². The largest absolute Gasteiger partial charge is 0.448 e. The fraction of sp³-hybridized carbons (Fsp3) is 0.733. The van der Waals surface area contributed by atoms with Crippen molar-refractivity contribution in [2.75, 3.05) is 96.3 Å². The zero-order valence-electron chi connectivity index (χ0n) is 28.9. The number of amides is 2. The summed E-state index contributed by atoms with van der Waals surface area (Å²) >= 11 is 0. The van der Waals surface area contributed by atoms with Gasteiger partial charge in [0.1, 0.15) is 31.2 Å². The summed E-state index contributed by atoms with van der Waals surface area (Å²) in [4.78, 5) is 37.5. The molecule has 270 valence electrons. The van der Waals surface area contributed by atoms with E-state index in [2.05, 4.69) is 15.8 Å². The van der Waals surface area contributed by atoms with Gasteiger partial charge in [-0.2, -0.15) is 27.1 Å². The molecule has 1 aromatic carbocycles. The van der Waals surface area contributed by atoms with Crippen molar-refractivity contribution >= 4 is 39.4 Å². The van der Waals surface area contributed by atoms with Gasteiger partial charge >= 0.3 is 28.1 Å². The number of nitrogens with zero attached hydrogens (tertiary/aromatic N) is 2. The highest BCUT2D eigenvalue weighted by molar-refractivity contribution is 7.61. The summed E-state index contributed by atoms with van der Waals surface area (Å²) in [6.45, 7) is 15.7. The van der Waals surface area contributed by atoms with Crippen LogP contribution in [-0.4, -0.2) is 104 Å². The topological polar surface area (TPSA) is 165 Å². The van der Waals surface area contributed by atoms with Crippen LogP contribution < -0.4 is 15.5 Å². The molecule has 0 aliphatic rings. The smallest absolute Gasteiger partial charge is 0.411 e. The van der Waals surface area contributed by atoms with E-state index in [1.807, 2.05) is 46.4 Å². The number of anilines is 1. The number of hydrogen-bond donors (Lipinski definition) is 2. The van der Waals surface area contributed by atoms with Crippen LogP contribution in [0.2, 0.25) is 0 Å². The van der Waals surface area contributed by atoms with E-state index in [1.165, 1.54) is 0 Å². The zero-order valence-corrected chi connectivity index (χ0v) is 30.7. The fourth-order valence-electron chi connectivity index (χ4n) is 4.41. The Hall–Kier alpha value is -2.22. The van der Waals surface area contributed by atoms with Crippen LogP contribution in [0.3, 0.4) is 0 Å². The highest BCUT2D eigenvalue weighted by atomic mass is 31.2. The van der Waals surface area contributed by atoms with E-state index in [0.717, 1.165) is 5.69 Å². The van der Waals surface area contributed by atoms with Crippen LogP contribution in [0.15, 0.2) is 29.4 Å². The van der Waals surface area contributed by atoms with E-state index in [-0.39, 0.29) is 18.9 Å². The molecule has 0 atom stereocenters. The summed E-state index contributed by atoms with van der Waals surface area (Å²) in [5, 5.41) is 8.43. The monoisotopic (exact) mass is 710 g/mol. The fourth-order valence-corrected chi connectivity index (χ4v) is 9.08. The molecular formula is C30H56N4O11P2+2. The molecule has 2 amide bonds. The molecule has 47 heavy (non-hydrogen) atoms. The molecule has 0 aliphatic heterocycles. The first-order chi connectivity index (χ1) is 22.8. The van der Waals surface area contributed by atoms with Gasteiger partial charge in [-0.25, -0.2) is 9.59 Å². The quantitative estimate of drug-likeness (QED) is 0.0528. The molecule has 0 bridgehead atoms. The lowest BCUT2D eigenvalue weighted by Crippen LogP contribution is -2.35. The van der Waals surface area contributed by atoms with Crippen LogP contribution in [-0.2, 0) is 36.6 Å². The minimum absolute atomic E-state index is 0.0733. The average molecular weight is 711 g/mol. The molecular weight excluding hydrogens is 654 g/mol. The van der Waals surface area contributed by atoms with Crippen LogP contribution in [0, 0.1) is 4.91 Å². The number of carbonyl (C=O) groups is 2. The molecule has 1 aromatic rings. The van der Waals surface area contributed by atoms with E-state index >= 15 is 0 Å². The first kappa shape index (κ1) is 42.8. The summed E-state index contributed by atoms with van der Waals surface area (Å²) in [6.07, 6.45) is 1.17. The van der Waals surface area contributed by atoms with Gasteiger partial charge in [0.25, 0.3) is 0 Å². The van der Waals surface area contributed by atoms with Crippen LogP contribution >= 0.6 is 15.9 Å². The lowest BCUT2D eigenvalue weighted by Gasteiger charge is -2.24. The van der Waals surface area contributed by atoms with Crippen LogP contribution in [0.1, 0.15) is 54.4 Å². The molecule has 0 saturated carbocycles. The Morgan fingerprint density at radius 2 is 1.00 bits per heavy atom. The summed E-state index contributed by atoms with van der Waals surface area (Å²) in [7, 11) is -4.90. The Morgan fingerprint density at radius 3 is 1.32 bits per heavy atom. The Kier molecular flexibility index (Phi) is 23.5. The zero-order chi connectivity index (χ0) is 34.8. The van der Waals surface area contributed by atoms with Crippen molar-refractivity contribution in [3.8, 4) is 0 Å². The summed E-state index contributed by atoms with van der Waals surface area (Å²) in [5.74, 6) is 0. The predicted molar refractivity (Wildman–Crippen MR) is 185 cm³/mol. The Bertz CT molecular complexity index is 909. The standard InChI is InChI=1S/C30H54N4O11P2/c1-7-40-46(41-8-2,42-9-3)25-13-19-31-29(35)38-23-21-34(28-17-15-27(33-37)16-18-28)22-24-39-30(36)32-20-14-26-47(43-10-4,44-11-5)45-12-6/h15-18H,7-14,19-26H2,1-6H3/p+2. The van der Waals surface area contributed by atoms with Crippen LogP contribution in [0.5, 0.6) is 0 Å². The van der Waals surface area contributed by atoms with Gasteiger partial charge in [0.15, 0.2) is 0 Å². The second-order valence-electron chi connectivity index (χ2n) is 9.60. The molecule has 0 spiro atoms. The van der Waals surface area contributed by atoms with Gasteiger partial charge in [0, 0.05) is 31.6 Å². The van der Waals surface area contributed by atoms with E-state index in [1.54, 1.807) is 24.3 Å². The van der Waals surface area contributed by atoms with Crippen molar-refractivity contribution in [2.24, 2.45) is 5.18 Å². The van der Waals surface area contributed by atoms with E-state index in [4.69, 9.17) is 36.6 Å². The molecule has 0 heterocycles. The second kappa shape index (κ2) is 25.8. The van der Waals surface area contributed by atoms with Gasteiger partial charge in [-0.3, -0.25) is 0 Å². The Labute approximate surface area is 281 Å². The van der Waals surface area contributed by atoms with Crippen LogP contribution in [0.4, 0.5) is 21.0 Å². The first-order valence-electron chi connectivity index (χ1n) is 16.4.